The zero-order valence-electron chi connectivity index (χ0n) is 24.0. The average Bonchev–Trinajstić information content (AvgIpc) is 2.92. The molecule has 1 atom stereocenters. The number of hydrogen-bond acceptors (Lipinski definition) is 5. The monoisotopic (exact) mass is 637 g/mol. The van der Waals surface area contributed by atoms with E-state index in [2.05, 4.69) is 5.32 Å². The Morgan fingerprint density at radius 2 is 1.62 bits per heavy atom. The van der Waals surface area contributed by atoms with Crippen LogP contribution in [0.3, 0.4) is 0 Å². The summed E-state index contributed by atoms with van der Waals surface area (Å²) in [7, 11) is -2.87. The van der Waals surface area contributed by atoms with Crippen LogP contribution in [0.15, 0.2) is 71.6 Å². The molecule has 0 saturated heterocycles. The third-order valence-corrected chi connectivity index (χ3v) is 8.66. The fraction of sp³-hybridized carbons (Fsp3) is 0.333. The van der Waals surface area contributed by atoms with Gasteiger partial charge in [0.05, 0.1) is 17.7 Å². The number of ether oxygens (including phenoxy) is 1. The number of methoxy groups -OCH3 is 1. The number of benzene rings is 3. The number of hydrogen-bond donors (Lipinski definition) is 1. The molecule has 0 heterocycles. The van der Waals surface area contributed by atoms with Crippen LogP contribution in [0.5, 0.6) is 5.75 Å². The lowest BCUT2D eigenvalue weighted by Gasteiger charge is -2.35. The molecule has 3 aromatic carbocycles. The van der Waals surface area contributed by atoms with Crippen LogP contribution in [-0.4, -0.2) is 50.4 Å². The van der Waals surface area contributed by atoms with Crippen LogP contribution in [0, 0.1) is 5.82 Å². The van der Waals surface area contributed by atoms with Gasteiger partial charge in [0.25, 0.3) is 10.0 Å². The number of nitrogens with one attached hydrogen (secondary N) is 1. The van der Waals surface area contributed by atoms with Crippen molar-refractivity contribution in [3.63, 3.8) is 0 Å². The maximum absolute atomic E-state index is 14.1. The lowest BCUT2D eigenvalue weighted by molar-refractivity contribution is -0.141. The van der Waals surface area contributed by atoms with Crippen LogP contribution in [0.25, 0.3) is 0 Å². The van der Waals surface area contributed by atoms with Gasteiger partial charge in [0.2, 0.25) is 11.8 Å². The number of amides is 2. The molecule has 0 aliphatic rings. The minimum absolute atomic E-state index is 0.0669. The van der Waals surface area contributed by atoms with Gasteiger partial charge in [-0.1, -0.05) is 36.2 Å². The molecule has 0 aliphatic carbocycles. The Morgan fingerprint density at radius 1 is 1.00 bits per heavy atom. The maximum Gasteiger partial charge on any atom is 0.264 e. The van der Waals surface area contributed by atoms with Crippen molar-refractivity contribution < 1.29 is 27.1 Å². The first-order valence-electron chi connectivity index (χ1n) is 13.1. The van der Waals surface area contributed by atoms with Crippen molar-refractivity contribution in [1.29, 1.82) is 0 Å². The number of sulfonamides is 1. The molecule has 226 valence electrons. The van der Waals surface area contributed by atoms with Gasteiger partial charge in [-0.25, -0.2) is 12.8 Å². The van der Waals surface area contributed by atoms with E-state index in [0.29, 0.717) is 16.3 Å². The highest BCUT2D eigenvalue weighted by Gasteiger charge is 2.35. The van der Waals surface area contributed by atoms with E-state index in [9.17, 15) is 22.4 Å². The molecule has 0 bridgehead atoms. The zero-order chi connectivity index (χ0) is 31.2. The fourth-order valence-electron chi connectivity index (χ4n) is 4.22. The summed E-state index contributed by atoms with van der Waals surface area (Å²) in [5.74, 6) is -1.20. The molecular formula is C30H34Cl2FN3O5S. The van der Waals surface area contributed by atoms with Crippen LogP contribution < -0.4 is 14.4 Å². The molecule has 2 amide bonds. The van der Waals surface area contributed by atoms with E-state index in [1.165, 1.54) is 54.5 Å². The molecule has 0 unspecified atom stereocenters. The number of rotatable bonds is 11. The topological polar surface area (TPSA) is 96.0 Å². The lowest BCUT2D eigenvalue weighted by atomic mass is 10.1. The number of carbonyl (C=O) groups excluding carboxylic acids is 2. The normalized spacial score (nSPS) is 12.4. The van der Waals surface area contributed by atoms with Gasteiger partial charge < -0.3 is 15.0 Å². The Hall–Kier alpha value is -3.34. The number of carbonyl (C=O) groups is 2. The van der Waals surface area contributed by atoms with Crippen molar-refractivity contribution in [3.8, 4) is 5.75 Å². The summed E-state index contributed by atoms with van der Waals surface area (Å²) < 4.78 is 47.6. The van der Waals surface area contributed by atoms with Crippen LogP contribution in [0.2, 0.25) is 10.0 Å². The summed E-state index contributed by atoms with van der Waals surface area (Å²) >= 11 is 12.5. The van der Waals surface area contributed by atoms with Gasteiger partial charge in [0, 0.05) is 22.1 Å². The van der Waals surface area contributed by atoms with E-state index < -0.39 is 45.8 Å². The van der Waals surface area contributed by atoms with Crippen molar-refractivity contribution in [3.05, 3.63) is 88.2 Å². The molecule has 0 aliphatic heterocycles. The molecule has 8 nitrogen and oxygen atoms in total. The van der Waals surface area contributed by atoms with Crippen LogP contribution in [-0.2, 0) is 26.2 Å². The van der Waals surface area contributed by atoms with Crippen molar-refractivity contribution in [2.75, 3.05) is 18.0 Å². The summed E-state index contributed by atoms with van der Waals surface area (Å²) in [6.07, 6.45) is 0.237. The third kappa shape index (κ3) is 8.36. The molecule has 0 aromatic heterocycles. The van der Waals surface area contributed by atoms with Crippen molar-refractivity contribution in [2.45, 2.75) is 57.1 Å². The quantitative estimate of drug-likeness (QED) is 0.276. The summed E-state index contributed by atoms with van der Waals surface area (Å²) in [6, 6.07) is 14.2. The van der Waals surface area contributed by atoms with Crippen LogP contribution in [0.4, 0.5) is 10.1 Å². The molecule has 0 saturated carbocycles. The van der Waals surface area contributed by atoms with E-state index in [4.69, 9.17) is 27.9 Å². The number of anilines is 1. The number of nitrogens with zero attached hydrogens (tertiary/aromatic N) is 2. The molecule has 0 radical (unpaired) electrons. The Morgan fingerprint density at radius 3 is 2.14 bits per heavy atom. The second kappa shape index (κ2) is 13.8. The van der Waals surface area contributed by atoms with E-state index in [-0.39, 0.29) is 28.6 Å². The lowest BCUT2D eigenvalue weighted by Crippen LogP contribution is -2.55. The van der Waals surface area contributed by atoms with E-state index >= 15 is 0 Å². The van der Waals surface area contributed by atoms with E-state index in [1.54, 1.807) is 19.1 Å². The Balaban J connectivity index is 2.09. The zero-order valence-corrected chi connectivity index (χ0v) is 26.4. The van der Waals surface area contributed by atoms with Gasteiger partial charge in [0.15, 0.2) is 0 Å². The summed E-state index contributed by atoms with van der Waals surface area (Å²) in [6.45, 7) is 6.43. The van der Waals surface area contributed by atoms with Gasteiger partial charge >= 0.3 is 0 Å². The highest BCUT2D eigenvalue weighted by molar-refractivity contribution is 7.92. The number of halogens is 3. The first-order valence-corrected chi connectivity index (χ1v) is 15.3. The maximum atomic E-state index is 14.1. The smallest absolute Gasteiger partial charge is 0.264 e. The summed E-state index contributed by atoms with van der Waals surface area (Å²) in [4.78, 5) is 28.7. The first-order chi connectivity index (χ1) is 19.7. The van der Waals surface area contributed by atoms with Gasteiger partial charge in [0.1, 0.15) is 24.2 Å². The minimum atomic E-state index is -4.32. The van der Waals surface area contributed by atoms with Gasteiger partial charge in [-0.3, -0.25) is 13.9 Å². The van der Waals surface area contributed by atoms with Crippen molar-refractivity contribution in [1.82, 2.24) is 10.2 Å². The van der Waals surface area contributed by atoms with E-state index in [1.807, 2.05) is 20.8 Å². The second-order valence-corrected chi connectivity index (χ2v) is 13.3. The predicted octanol–water partition coefficient (Wildman–Crippen LogP) is 6.06. The standard InChI is InChI=1S/C30H34Cl2FN3O5S/c1-6-27(29(38)34-30(2,3)4)35(18-20-7-8-21(31)17-26(20)32)28(37)19-36(23-11-9-22(33)10-12-23)42(39,40)25-15-13-24(41-5)14-16-25/h7-17,27H,6,18-19H2,1-5H3,(H,34,38)/t27-/m0/s1. The molecule has 1 N–H and O–H groups in total. The SMILES string of the molecule is CC[C@@H](C(=O)NC(C)(C)C)N(Cc1ccc(Cl)cc1Cl)C(=O)CN(c1ccc(F)cc1)S(=O)(=O)c1ccc(OC)cc1. The van der Waals surface area contributed by atoms with Crippen molar-refractivity contribution >= 4 is 50.7 Å². The highest BCUT2D eigenvalue weighted by atomic mass is 35.5. The molecule has 42 heavy (non-hydrogen) atoms. The van der Waals surface area contributed by atoms with Gasteiger partial charge in [-0.15, -0.1) is 0 Å². The molecule has 0 spiro atoms. The van der Waals surface area contributed by atoms with E-state index in [0.717, 1.165) is 16.4 Å². The largest absolute Gasteiger partial charge is 0.497 e. The minimum Gasteiger partial charge on any atom is -0.497 e. The average molecular weight is 639 g/mol. The van der Waals surface area contributed by atoms with Crippen molar-refractivity contribution in [2.24, 2.45) is 0 Å². The second-order valence-electron chi connectivity index (χ2n) is 10.6. The van der Waals surface area contributed by atoms with Gasteiger partial charge in [-0.2, -0.15) is 0 Å². The Labute approximate surface area is 256 Å². The van der Waals surface area contributed by atoms with Crippen LogP contribution in [0.1, 0.15) is 39.7 Å². The Kier molecular flexibility index (Phi) is 10.9. The van der Waals surface area contributed by atoms with Gasteiger partial charge in [-0.05, 0) is 93.4 Å². The highest BCUT2D eigenvalue weighted by Crippen LogP contribution is 2.28. The molecule has 12 heteroatoms. The summed E-state index contributed by atoms with van der Waals surface area (Å²) in [5.41, 5.74) is -0.00497. The fourth-order valence-corrected chi connectivity index (χ4v) is 6.10. The molecule has 3 aromatic rings. The molecule has 0 fully saturated rings. The third-order valence-electron chi connectivity index (χ3n) is 6.28. The summed E-state index contributed by atoms with van der Waals surface area (Å²) in [5, 5.41) is 3.58. The van der Waals surface area contributed by atoms with Crippen LogP contribution >= 0.6 is 23.2 Å². The molecular weight excluding hydrogens is 604 g/mol. The first kappa shape index (κ1) is 33.2. The Bertz CT molecular complexity index is 1510. The predicted molar refractivity (Wildman–Crippen MR) is 163 cm³/mol. The molecule has 3 rings (SSSR count).